The van der Waals surface area contributed by atoms with Crippen LogP contribution < -0.4 is 11.1 Å². The van der Waals surface area contributed by atoms with Crippen molar-refractivity contribution in [1.29, 1.82) is 0 Å². The van der Waals surface area contributed by atoms with Crippen molar-refractivity contribution in [3.05, 3.63) is 0 Å². The summed E-state index contributed by atoms with van der Waals surface area (Å²) in [6, 6.07) is 1.48. The first kappa shape index (κ1) is 114. The number of carbonyl (C=O) groups excluding carboxylic acids is 6. The smallest absolute Gasteiger partial charge is 0.480 e. The van der Waals surface area contributed by atoms with Crippen molar-refractivity contribution >= 4 is 65.9 Å². The van der Waals surface area contributed by atoms with Gasteiger partial charge in [0.05, 0.1) is 134 Å². The van der Waals surface area contributed by atoms with Crippen molar-refractivity contribution in [1.82, 2.24) is 5.32 Å². The van der Waals surface area contributed by atoms with Gasteiger partial charge in [0.25, 0.3) is 0 Å². The lowest BCUT2D eigenvalue weighted by Crippen LogP contribution is -2.46. The van der Waals surface area contributed by atoms with Gasteiger partial charge in [-0.3, -0.25) is 4.79 Å². The number of carboxylic acid groups (broad SMARTS) is 2. The van der Waals surface area contributed by atoms with Gasteiger partial charge in [0.1, 0.15) is 65.4 Å². The maximum Gasteiger partial charge on any atom is 0.500 e. The minimum Gasteiger partial charge on any atom is -0.480 e. The summed E-state index contributed by atoms with van der Waals surface area (Å²) in [5, 5.41) is 27.6. The molecule has 0 fully saturated rings. The fourth-order valence-corrected chi connectivity index (χ4v) is 11.7. The van der Waals surface area contributed by atoms with Crippen molar-refractivity contribution in [3.8, 4) is 0 Å². The largest absolute Gasteiger partial charge is 0.500 e. The number of aldehydes is 2. The molecule has 0 saturated carbocycles. The molecule has 0 aliphatic heterocycles. The minimum absolute atomic E-state index is 0.00297. The lowest BCUT2D eigenvalue weighted by atomic mass is 10.4. The van der Waals surface area contributed by atoms with Gasteiger partial charge < -0.3 is 162 Å². The highest BCUT2D eigenvalue weighted by molar-refractivity contribution is 6.61. The molecule has 0 aliphatic carbocycles. The van der Waals surface area contributed by atoms with Crippen LogP contribution in [0.15, 0.2) is 0 Å². The van der Waals surface area contributed by atoms with Crippen molar-refractivity contribution in [2.24, 2.45) is 5.73 Å². The van der Waals surface area contributed by atoms with E-state index in [-0.39, 0.29) is 91.8 Å². The summed E-state index contributed by atoms with van der Waals surface area (Å²) in [7, 11) is 7.97. The number of aliphatic hydroxyl groups is 1. The maximum absolute atomic E-state index is 11.8. The molecule has 0 atom stereocenters. The zero-order valence-corrected chi connectivity index (χ0v) is 66.8. The van der Waals surface area contributed by atoms with Crippen molar-refractivity contribution in [2.45, 2.75) is 85.3 Å². The highest BCUT2D eigenvalue weighted by Gasteiger charge is 2.40. The zero-order valence-electron chi connectivity index (χ0n) is 64.8. The van der Waals surface area contributed by atoms with E-state index in [0.717, 1.165) is 18.9 Å². The molecule has 0 unspecified atom stereocenters. The Labute approximate surface area is 622 Å². The Kier molecular flexibility index (Phi) is 102. The molecule has 1 amide bonds. The molecule has 0 radical (unpaired) electrons. The average molecular weight is 1580 g/mol. The Morgan fingerprint density at radius 1 is 0.371 bits per heavy atom. The van der Waals surface area contributed by atoms with Crippen molar-refractivity contribution in [3.63, 3.8) is 0 Å². The van der Waals surface area contributed by atoms with Crippen LogP contribution in [0.3, 0.4) is 0 Å². The Balaban J connectivity index is -0.000000219. The number of carbonyl (C=O) groups is 8. The summed E-state index contributed by atoms with van der Waals surface area (Å²) in [4.78, 5) is 82.7. The normalized spacial score (nSPS) is 10.8. The summed E-state index contributed by atoms with van der Waals surface area (Å²) in [5.41, 5.74) is 5.48. The predicted octanol–water partition coefficient (Wildman–Crippen LogP) is -0.00910. The van der Waals surface area contributed by atoms with Gasteiger partial charge in [-0.1, -0.05) is 0 Å². The third kappa shape index (κ3) is 91.9. The van der Waals surface area contributed by atoms with Crippen molar-refractivity contribution < 1.29 is 180 Å². The van der Waals surface area contributed by atoms with Crippen molar-refractivity contribution in [2.75, 3.05) is 282 Å². The number of hydrogen-bond acceptors (Lipinski definition) is 37. The highest BCUT2D eigenvalue weighted by atomic mass is 28.4. The number of esters is 3. The standard InChI is InChI=1S/C17H37NO8Si.C9H23NO3Si.2C8H16O6.C7H14O5.2C7H12O5/c1-6-24-27(25-7-2,26-8-3)13-9-10-18-16(19)14-22-11-12-23-15-17(20-4)21-5;1-4-11-14(12-5-2,13-6-3)9-7-8-10;2*1-11-8(12-2)6-14-4-3-13-5-7(9)10;3*1-10-7(9)6-12-5-4-11-3-2-8/h17H,6-15H2,1-5H3,(H,18,19);4-10H2,1-3H3;2*8H,3-6H2,1-2H3,(H,9,10);8H,2-6H2,1H3;2*2H,3-6H2,1H3. The molecule has 6 N–H and O–H groups in total. The molecule has 105 heavy (non-hydrogen) atoms. The van der Waals surface area contributed by atoms with E-state index in [9.17, 15) is 38.4 Å². The number of aliphatic carboxylic acids is 2. The number of hydrogen-bond donors (Lipinski definition) is 5. The van der Waals surface area contributed by atoms with Gasteiger partial charge in [0, 0.05) is 101 Å². The second kappa shape index (κ2) is 93.8. The van der Waals surface area contributed by atoms with E-state index in [1.54, 1.807) is 14.2 Å². The first-order valence-corrected chi connectivity index (χ1v) is 37.5. The first-order valence-electron chi connectivity index (χ1n) is 33.7. The monoisotopic (exact) mass is 1580 g/mol. The van der Waals surface area contributed by atoms with Gasteiger partial charge >= 0.3 is 47.5 Å². The molecule has 0 saturated heterocycles. The summed E-state index contributed by atoms with van der Waals surface area (Å²) >= 11 is 0. The third-order valence-corrected chi connectivity index (χ3v) is 17.4. The number of methoxy groups -OCH3 is 9. The Morgan fingerprint density at radius 2 is 0.638 bits per heavy atom. The van der Waals surface area contributed by atoms with Crippen LogP contribution in [0, 0.1) is 0 Å². The molecule has 0 aromatic carbocycles. The van der Waals surface area contributed by atoms with E-state index in [1.165, 1.54) is 49.8 Å². The first-order chi connectivity index (χ1) is 50.6. The summed E-state index contributed by atoms with van der Waals surface area (Å²) in [5.74, 6) is -3.40. The van der Waals surface area contributed by atoms with Crippen LogP contribution >= 0.6 is 0 Å². The molecular weight excluding hydrogens is 1450 g/mol. The van der Waals surface area contributed by atoms with Gasteiger partial charge in [0.15, 0.2) is 18.9 Å². The molecule has 40 nitrogen and oxygen atoms in total. The molecule has 0 bridgehead atoms. The molecule has 0 aliphatic rings. The zero-order chi connectivity index (χ0) is 80.6. The van der Waals surface area contributed by atoms with Crippen LogP contribution in [0.1, 0.15) is 54.4 Å². The van der Waals surface area contributed by atoms with Gasteiger partial charge in [-0.25, -0.2) is 24.0 Å². The van der Waals surface area contributed by atoms with Crippen LogP contribution in [0.5, 0.6) is 0 Å². The van der Waals surface area contributed by atoms with Crippen LogP contribution in [0.2, 0.25) is 12.1 Å². The fourth-order valence-electron chi connectivity index (χ4n) is 6.40. The lowest BCUT2D eigenvalue weighted by Gasteiger charge is -2.28. The van der Waals surface area contributed by atoms with Crippen LogP contribution in [-0.4, -0.2) is 382 Å². The molecule has 628 valence electrons. The SMILES string of the molecule is CCO[Si](CCCN)(OCC)OCC.CCO[Si](CCCNC(=O)COCCOCC(OC)OC)(OCC)OCC.COC(=O)COCCOCC=O.COC(=O)COCCOCC=O.COC(=O)COCCOCCO.COC(COCCOCC(=O)O)OC.COC(COCCOCC(=O)O)OC. The Morgan fingerprint density at radius 3 is 0.895 bits per heavy atom. The number of amides is 1. The number of carboxylic acids is 2. The lowest BCUT2D eigenvalue weighted by molar-refractivity contribution is -0.149. The number of nitrogens with one attached hydrogen (secondary N) is 1. The number of nitrogens with two attached hydrogens (primary N) is 1. The average Bonchev–Trinajstić information content (AvgIpc) is 0.888. The minimum atomic E-state index is -2.64. The van der Waals surface area contributed by atoms with E-state index >= 15 is 0 Å². The van der Waals surface area contributed by atoms with E-state index < -0.39 is 66.3 Å². The second-order valence-corrected chi connectivity index (χ2v) is 24.4. The van der Waals surface area contributed by atoms with Crippen LogP contribution in [0.4, 0.5) is 0 Å². The Hall–Kier alpha value is -4.45. The summed E-state index contributed by atoms with van der Waals surface area (Å²) in [6.07, 6.45) is 1.74. The van der Waals surface area contributed by atoms with E-state index in [1.807, 2.05) is 41.5 Å². The fraction of sp³-hybridized carbons (Fsp3) is 0.873. The summed E-state index contributed by atoms with van der Waals surface area (Å²) in [6.45, 7) is 20.5. The summed E-state index contributed by atoms with van der Waals surface area (Å²) < 4.78 is 136. The molecular formula is C63H130N2O38Si2. The third-order valence-electron chi connectivity index (χ3n) is 11.1. The molecule has 0 aromatic rings. The highest BCUT2D eigenvalue weighted by Crippen LogP contribution is 2.19. The number of ether oxygens (including phenoxy) is 21. The topological polar surface area (TPSA) is 485 Å². The van der Waals surface area contributed by atoms with Gasteiger partial charge in [-0.2, -0.15) is 0 Å². The molecule has 0 rings (SSSR count). The van der Waals surface area contributed by atoms with Crippen LogP contribution in [0.25, 0.3) is 0 Å². The quantitative estimate of drug-likeness (QED) is 0.0133. The maximum atomic E-state index is 11.8. The van der Waals surface area contributed by atoms with E-state index in [4.69, 9.17) is 133 Å². The molecule has 0 heterocycles. The van der Waals surface area contributed by atoms with Gasteiger partial charge in [0.2, 0.25) is 5.91 Å². The molecule has 0 spiro atoms. The second-order valence-electron chi connectivity index (χ2n) is 18.9. The predicted molar refractivity (Wildman–Crippen MR) is 376 cm³/mol. The Bertz CT molecular complexity index is 1770. The van der Waals surface area contributed by atoms with Gasteiger partial charge in [-0.05, 0) is 60.9 Å². The number of rotatable bonds is 67. The van der Waals surface area contributed by atoms with E-state index in [0.29, 0.717) is 151 Å². The number of aliphatic hydroxyl groups excluding tert-OH is 1. The van der Waals surface area contributed by atoms with Gasteiger partial charge in [-0.15, -0.1) is 0 Å². The molecule has 42 heteroatoms. The van der Waals surface area contributed by atoms with E-state index in [2.05, 4.69) is 19.5 Å². The van der Waals surface area contributed by atoms with Crippen LogP contribution in [-0.2, 0) is 164 Å². The molecule has 0 aromatic heterocycles.